The van der Waals surface area contributed by atoms with Gasteiger partial charge in [0.25, 0.3) is 0 Å². The highest BCUT2D eigenvalue weighted by Gasteiger charge is 2.11. The molecule has 78 valence electrons. The van der Waals surface area contributed by atoms with Gasteiger partial charge < -0.3 is 0 Å². The Labute approximate surface area is 89.8 Å². The highest BCUT2D eigenvalue weighted by molar-refractivity contribution is 7.08. The molecule has 0 saturated heterocycles. The summed E-state index contributed by atoms with van der Waals surface area (Å²) in [6, 6.07) is 0.293. The molecule has 3 heteroatoms. The molecule has 1 heterocycles. The van der Waals surface area contributed by atoms with Crippen molar-refractivity contribution in [3.8, 4) is 0 Å². The topological polar surface area (TPSA) is 38.0 Å². The Morgan fingerprint density at radius 3 is 2.93 bits per heavy atom. The molecule has 1 atom stereocenters. The number of unbranched alkanes of at least 4 members (excludes halogenated alkanes) is 1. The summed E-state index contributed by atoms with van der Waals surface area (Å²) in [5, 5.41) is 4.33. The maximum Gasteiger partial charge on any atom is 0.0470 e. The first-order valence-corrected chi connectivity index (χ1v) is 5.83. The number of hydrogen-bond acceptors (Lipinski definition) is 3. The van der Waals surface area contributed by atoms with E-state index in [0.717, 1.165) is 19.3 Å². The van der Waals surface area contributed by atoms with Crippen LogP contribution >= 0.6 is 11.3 Å². The molecular formula is C11H18N2S. The van der Waals surface area contributed by atoms with Crippen molar-refractivity contribution in [1.29, 1.82) is 0 Å². The van der Waals surface area contributed by atoms with Gasteiger partial charge in [0.2, 0.25) is 0 Å². The lowest BCUT2D eigenvalue weighted by Crippen LogP contribution is -2.28. The van der Waals surface area contributed by atoms with Crippen LogP contribution in [0, 0.1) is 6.92 Å². The summed E-state index contributed by atoms with van der Waals surface area (Å²) < 4.78 is 0. The minimum Gasteiger partial charge on any atom is -0.271 e. The largest absolute Gasteiger partial charge is 0.271 e. The van der Waals surface area contributed by atoms with E-state index in [2.05, 4.69) is 29.7 Å². The van der Waals surface area contributed by atoms with Crippen molar-refractivity contribution in [2.24, 2.45) is 5.84 Å². The molecule has 0 aromatic carbocycles. The maximum absolute atomic E-state index is 5.54. The minimum absolute atomic E-state index is 0.293. The van der Waals surface area contributed by atoms with Gasteiger partial charge in [-0.25, -0.2) is 0 Å². The van der Waals surface area contributed by atoms with Gasteiger partial charge in [0, 0.05) is 6.04 Å². The second kappa shape index (κ2) is 5.96. The Morgan fingerprint density at radius 1 is 1.64 bits per heavy atom. The summed E-state index contributed by atoms with van der Waals surface area (Å²) in [4.78, 5) is 0. The normalized spacial score (nSPS) is 12.7. The zero-order chi connectivity index (χ0) is 10.4. The van der Waals surface area contributed by atoms with Crippen molar-refractivity contribution < 1.29 is 0 Å². The molecule has 0 radical (unpaired) electrons. The van der Waals surface area contributed by atoms with Crippen LogP contribution in [0.25, 0.3) is 0 Å². The number of rotatable bonds is 6. The van der Waals surface area contributed by atoms with Crippen LogP contribution in [0.2, 0.25) is 0 Å². The van der Waals surface area contributed by atoms with Crippen LogP contribution in [-0.2, 0) is 0 Å². The Balaban J connectivity index is 2.54. The van der Waals surface area contributed by atoms with Crippen molar-refractivity contribution in [3.05, 3.63) is 34.5 Å². The molecule has 3 N–H and O–H groups in total. The fourth-order valence-electron chi connectivity index (χ4n) is 1.52. The molecule has 2 nitrogen and oxygen atoms in total. The predicted molar refractivity (Wildman–Crippen MR) is 63.2 cm³/mol. The summed E-state index contributed by atoms with van der Waals surface area (Å²) >= 11 is 1.73. The molecule has 0 aliphatic rings. The van der Waals surface area contributed by atoms with Gasteiger partial charge in [-0.3, -0.25) is 11.3 Å². The molecule has 0 bridgehead atoms. The number of nitrogens with two attached hydrogens (primary N) is 1. The molecule has 0 amide bonds. The first-order chi connectivity index (χ1) is 6.79. The quantitative estimate of drug-likeness (QED) is 0.328. The smallest absolute Gasteiger partial charge is 0.0470 e. The fourth-order valence-corrected chi connectivity index (χ4v) is 2.43. The van der Waals surface area contributed by atoms with Crippen molar-refractivity contribution in [3.63, 3.8) is 0 Å². The number of allylic oxidation sites excluding steroid dienone is 1. The van der Waals surface area contributed by atoms with Crippen LogP contribution in [0.5, 0.6) is 0 Å². The third-order valence-electron chi connectivity index (χ3n) is 2.37. The van der Waals surface area contributed by atoms with Crippen LogP contribution < -0.4 is 11.3 Å². The van der Waals surface area contributed by atoms with E-state index >= 15 is 0 Å². The van der Waals surface area contributed by atoms with Gasteiger partial charge >= 0.3 is 0 Å². The van der Waals surface area contributed by atoms with Gasteiger partial charge in [-0.05, 0) is 48.1 Å². The predicted octanol–water partition coefficient (Wildman–Crippen LogP) is 2.92. The van der Waals surface area contributed by atoms with Crippen LogP contribution in [0.4, 0.5) is 0 Å². The molecule has 0 aliphatic heterocycles. The van der Waals surface area contributed by atoms with Crippen LogP contribution in [0.3, 0.4) is 0 Å². The zero-order valence-corrected chi connectivity index (χ0v) is 9.44. The molecule has 1 aromatic heterocycles. The average molecular weight is 210 g/mol. The van der Waals surface area contributed by atoms with Gasteiger partial charge in [-0.1, -0.05) is 6.08 Å². The van der Waals surface area contributed by atoms with E-state index in [1.54, 1.807) is 11.3 Å². The van der Waals surface area contributed by atoms with Crippen molar-refractivity contribution in [2.75, 3.05) is 0 Å². The van der Waals surface area contributed by atoms with E-state index in [4.69, 9.17) is 5.84 Å². The Morgan fingerprint density at radius 2 is 2.43 bits per heavy atom. The second-order valence-corrected chi connectivity index (χ2v) is 4.19. The van der Waals surface area contributed by atoms with Gasteiger partial charge in [-0.15, -0.1) is 6.58 Å². The van der Waals surface area contributed by atoms with Crippen LogP contribution in [0.1, 0.15) is 36.4 Å². The molecular weight excluding hydrogens is 192 g/mol. The molecule has 1 rings (SSSR count). The molecule has 0 fully saturated rings. The summed E-state index contributed by atoms with van der Waals surface area (Å²) in [5.74, 6) is 5.54. The van der Waals surface area contributed by atoms with Crippen molar-refractivity contribution in [1.82, 2.24) is 5.43 Å². The standard InChI is InChI=1S/C11H18N2S/c1-3-4-5-6-11(13-12)10-8-14-7-9(10)2/h3,7-8,11,13H,1,4-6,12H2,2H3. The molecule has 1 unspecified atom stereocenters. The molecule has 0 saturated carbocycles. The first-order valence-electron chi connectivity index (χ1n) is 4.89. The average Bonchev–Trinajstić information content (AvgIpc) is 2.60. The molecule has 0 spiro atoms. The number of hydrogen-bond donors (Lipinski definition) is 2. The summed E-state index contributed by atoms with van der Waals surface area (Å²) in [6.07, 6.45) is 5.21. The summed E-state index contributed by atoms with van der Waals surface area (Å²) in [7, 11) is 0. The summed E-state index contributed by atoms with van der Waals surface area (Å²) in [6.45, 7) is 5.84. The van der Waals surface area contributed by atoms with E-state index in [9.17, 15) is 0 Å². The van der Waals surface area contributed by atoms with Gasteiger partial charge in [0.05, 0.1) is 0 Å². The summed E-state index contributed by atoms with van der Waals surface area (Å²) in [5.41, 5.74) is 5.54. The molecule has 0 aliphatic carbocycles. The zero-order valence-electron chi connectivity index (χ0n) is 8.62. The monoisotopic (exact) mass is 210 g/mol. The van der Waals surface area contributed by atoms with E-state index in [1.165, 1.54) is 11.1 Å². The van der Waals surface area contributed by atoms with Crippen molar-refractivity contribution >= 4 is 11.3 Å². The SMILES string of the molecule is C=CCCCC(NN)c1cscc1C. The molecule has 14 heavy (non-hydrogen) atoms. The highest BCUT2D eigenvalue weighted by Crippen LogP contribution is 2.25. The van der Waals surface area contributed by atoms with E-state index in [0.29, 0.717) is 6.04 Å². The van der Waals surface area contributed by atoms with Gasteiger partial charge in [0.15, 0.2) is 0 Å². The van der Waals surface area contributed by atoms with Crippen LogP contribution in [-0.4, -0.2) is 0 Å². The second-order valence-electron chi connectivity index (χ2n) is 3.45. The highest BCUT2D eigenvalue weighted by atomic mass is 32.1. The van der Waals surface area contributed by atoms with Crippen LogP contribution in [0.15, 0.2) is 23.4 Å². The Hall–Kier alpha value is -0.640. The van der Waals surface area contributed by atoms with Crippen molar-refractivity contribution in [2.45, 2.75) is 32.2 Å². The maximum atomic E-state index is 5.54. The first kappa shape index (κ1) is 11.4. The van der Waals surface area contributed by atoms with E-state index in [-0.39, 0.29) is 0 Å². The lowest BCUT2D eigenvalue weighted by molar-refractivity contribution is 0.500. The lowest BCUT2D eigenvalue weighted by atomic mass is 10.0. The Bertz CT molecular complexity index is 281. The number of aryl methyl sites for hydroxylation is 1. The van der Waals surface area contributed by atoms with E-state index in [1.807, 2.05) is 6.08 Å². The Kier molecular flexibility index (Phi) is 4.87. The van der Waals surface area contributed by atoms with E-state index < -0.39 is 0 Å². The fraction of sp³-hybridized carbons (Fsp3) is 0.455. The lowest BCUT2D eigenvalue weighted by Gasteiger charge is -2.15. The van der Waals surface area contributed by atoms with Gasteiger partial charge in [-0.2, -0.15) is 11.3 Å². The third kappa shape index (κ3) is 2.94. The molecule has 1 aromatic rings. The number of thiophene rings is 1. The minimum atomic E-state index is 0.293. The number of hydrazine groups is 1. The third-order valence-corrected chi connectivity index (χ3v) is 3.25. The van der Waals surface area contributed by atoms with Gasteiger partial charge in [0.1, 0.15) is 0 Å². The number of nitrogens with one attached hydrogen (secondary N) is 1.